The van der Waals surface area contributed by atoms with E-state index in [9.17, 15) is 4.79 Å². The zero-order valence-corrected chi connectivity index (χ0v) is 14.7. The van der Waals surface area contributed by atoms with Crippen LogP contribution in [0.4, 0.5) is 0 Å². The highest BCUT2D eigenvalue weighted by Gasteiger charge is 2.23. The molecule has 0 radical (unpaired) electrons. The van der Waals surface area contributed by atoms with Gasteiger partial charge in [-0.1, -0.05) is 19.9 Å². The zero-order chi connectivity index (χ0) is 18.0. The average Bonchev–Trinajstić information content (AvgIpc) is 3.04. The Kier molecular flexibility index (Phi) is 4.65. The number of nitrogens with one attached hydrogen (secondary N) is 2. The highest BCUT2D eigenvalue weighted by atomic mass is 16.5. The van der Waals surface area contributed by atoms with Crippen LogP contribution in [-0.2, 0) is 0 Å². The van der Waals surface area contributed by atoms with Crippen LogP contribution in [-0.4, -0.2) is 33.2 Å². The van der Waals surface area contributed by atoms with Crippen LogP contribution in [0.5, 0.6) is 5.75 Å². The molecule has 0 bridgehead atoms. The maximum Gasteiger partial charge on any atom is 0.270 e. The number of pyridine rings is 1. The Morgan fingerprint density at radius 2 is 2.00 bits per heavy atom. The molecule has 0 fully saturated rings. The van der Waals surface area contributed by atoms with E-state index < -0.39 is 0 Å². The first kappa shape index (κ1) is 16.9. The maximum atomic E-state index is 12.6. The van der Waals surface area contributed by atoms with E-state index in [0.717, 1.165) is 16.7 Å². The Hall–Kier alpha value is -2.96. The fraction of sp³-hybridized carbons (Fsp3) is 0.333. The van der Waals surface area contributed by atoms with Gasteiger partial charge < -0.3 is 10.1 Å². The Bertz CT molecular complexity index is 903. The van der Waals surface area contributed by atoms with Gasteiger partial charge in [-0.3, -0.25) is 9.89 Å². The summed E-state index contributed by atoms with van der Waals surface area (Å²) in [5.74, 6) is 1.94. The quantitative estimate of drug-likeness (QED) is 0.745. The van der Waals surface area contributed by atoms with E-state index in [1.165, 1.54) is 0 Å². The summed E-state index contributed by atoms with van der Waals surface area (Å²) < 4.78 is 5.21. The van der Waals surface area contributed by atoms with Crippen LogP contribution in [0, 0.1) is 12.8 Å². The molecule has 0 saturated heterocycles. The minimum absolute atomic E-state index is 0.142. The van der Waals surface area contributed by atoms with Gasteiger partial charge in [0.05, 0.1) is 18.7 Å². The molecule has 0 saturated carbocycles. The molecule has 130 valence electrons. The molecule has 1 aromatic carbocycles. The van der Waals surface area contributed by atoms with E-state index in [4.69, 9.17) is 4.74 Å². The highest BCUT2D eigenvalue weighted by Crippen LogP contribution is 2.21. The molecule has 0 spiro atoms. The lowest BCUT2D eigenvalue weighted by atomic mass is 10.0. The Morgan fingerprint density at radius 3 is 2.64 bits per heavy atom. The summed E-state index contributed by atoms with van der Waals surface area (Å²) in [6.45, 7) is 5.85. The normalized spacial score (nSPS) is 12.4. The Morgan fingerprint density at radius 1 is 1.20 bits per heavy atom. The lowest BCUT2D eigenvalue weighted by Gasteiger charge is -2.19. The third-order valence-electron chi connectivity index (χ3n) is 3.97. The van der Waals surface area contributed by atoms with Crippen LogP contribution in [0.15, 0.2) is 30.3 Å². The van der Waals surface area contributed by atoms with E-state index in [-0.39, 0.29) is 17.9 Å². The first-order valence-corrected chi connectivity index (χ1v) is 8.12. The van der Waals surface area contributed by atoms with E-state index >= 15 is 0 Å². The zero-order valence-electron chi connectivity index (χ0n) is 14.7. The third kappa shape index (κ3) is 3.60. The molecule has 2 heterocycles. The molecule has 2 aromatic heterocycles. The van der Waals surface area contributed by atoms with Crippen molar-refractivity contribution in [2.24, 2.45) is 5.92 Å². The van der Waals surface area contributed by atoms with Crippen molar-refractivity contribution in [1.29, 1.82) is 0 Å². The van der Waals surface area contributed by atoms with Gasteiger partial charge in [-0.15, -0.1) is 0 Å². The van der Waals surface area contributed by atoms with Gasteiger partial charge in [-0.05, 0) is 37.1 Å². The second kappa shape index (κ2) is 6.88. The SMILES string of the molecule is COc1ccc2nc(C(=O)NC(c3n[nH]c(C)n3)C(C)C)ccc2c1. The molecule has 2 N–H and O–H groups in total. The van der Waals surface area contributed by atoms with E-state index in [1.807, 2.05) is 45.0 Å². The summed E-state index contributed by atoms with van der Waals surface area (Å²) in [7, 11) is 1.62. The van der Waals surface area contributed by atoms with Crippen LogP contribution in [0.1, 0.15) is 42.0 Å². The molecule has 3 aromatic rings. The van der Waals surface area contributed by atoms with Crippen molar-refractivity contribution < 1.29 is 9.53 Å². The predicted octanol–water partition coefficient (Wildman–Crippen LogP) is 2.80. The fourth-order valence-electron chi connectivity index (χ4n) is 2.60. The van der Waals surface area contributed by atoms with Crippen LogP contribution < -0.4 is 10.1 Å². The number of carbonyl (C=O) groups is 1. The van der Waals surface area contributed by atoms with Gasteiger partial charge in [-0.25, -0.2) is 9.97 Å². The maximum absolute atomic E-state index is 12.6. The number of aromatic nitrogens is 4. The van der Waals surface area contributed by atoms with E-state index in [0.29, 0.717) is 17.3 Å². The van der Waals surface area contributed by atoms with Gasteiger partial charge >= 0.3 is 0 Å². The second-order valence-corrected chi connectivity index (χ2v) is 6.23. The minimum atomic E-state index is -0.286. The number of rotatable bonds is 5. The summed E-state index contributed by atoms with van der Waals surface area (Å²) in [6, 6.07) is 8.83. The number of hydrogen-bond donors (Lipinski definition) is 2. The summed E-state index contributed by atoms with van der Waals surface area (Å²) in [4.78, 5) is 21.4. The first-order valence-electron chi connectivity index (χ1n) is 8.12. The Balaban J connectivity index is 1.85. The van der Waals surface area contributed by atoms with Crippen molar-refractivity contribution >= 4 is 16.8 Å². The molecule has 7 nitrogen and oxygen atoms in total. The first-order chi connectivity index (χ1) is 12.0. The smallest absolute Gasteiger partial charge is 0.270 e. The molecule has 3 rings (SSSR count). The fourth-order valence-corrected chi connectivity index (χ4v) is 2.60. The summed E-state index contributed by atoms with van der Waals surface area (Å²) in [5, 5.41) is 10.9. The summed E-state index contributed by atoms with van der Waals surface area (Å²) >= 11 is 0. The number of carbonyl (C=O) groups excluding carboxylic acids is 1. The standard InChI is InChI=1S/C18H21N5O2/c1-10(2)16(17-19-11(3)22-23-17)21-18(24)15-7-5-12-9-13(25-4)6-8-14(12)20-15/h5-10,16H,1-4H3,(H,21,24)(H,19,22,23). The molecule has 1 unspecified atom stereocenters. The number of ether oxygens (including phenoxy) is 1. The van der Waals surface area contributed by atoms with Crippen LogP contribution >= 0.6 is 0 Å². The van der Waals surface area contributed by atoms with Gasteiger partial charge in [-0.2, -0.15) is 5.10 Å². The number of benzene rings is 1. The molecular weight excluding hydrogens is 318 g/mol. The molecule has 0 aliphatic carbocycles. The second-order valence-electron chi connectivity index (χ2n) is 6.23. The van der Waals surface area contributed by atoms with Gasteiger partial charge in [0.25, 0.3) is 5.91 Å². The van der Waals surface area contributed by atoms with E-state index in [1.54, 1.807) is 13.2 Å². The highest BCUT2D eigenvalue weighted by molar-refractivity contribution is 5.95. The van der Waals surface area contributed by atoms with Crippen LogP contribution in [0.2, 0.25) is 0 Å². The minimum Gasteiger partial charge on any atom is -0.497 e. The molecule has 1 atom stereocenters. The van der Waals surface area contributed by atoms with Crippen molar-refractivity contribution in [3.8, 4) is 5.75 Å². The van der Waals surface area contributed by atoms with Crippen molar-refractivity contribution in [1.82, 2.24) is 25.5 Å². The average molecular weight is 339 g/mol. The number of nitrogens with zero attached hydrogens (tertiary/aromatic N) is 3. The van der Waals surface area contributed by atoms with Crippen molar-refractivity contribution in [3.05, 3.63) is 47.7 Å². The third-order valence-corrected chi connectivity index (χ3v) is 3.97. The number of H-pyrrole nitrogens is 1. The summed E-state index contributed by atoms with van der Waals surface area (Å²) in [6.07, 6.45) is 0. The van der Waals surface area contributed by atoms with Crippen LogP contribution in [0.3, 0.4) is 0 Å². The number of aromatic amines is 1. The summed E-state index contributed by atoms with van der Waals surface area (Å²) in [5.41, 5.74) is 1.10. The predicted molar refractivity (Wildman–Crippen MR) is 94.5 cm³/mol. The number of methoxy groups -OCH3 is 1. The lowest BCUT2D eigenvalue weighted by molar-refractivity contribution is 0.0918. The van der Waals surface area contributed by atoms with Gasteiger partial charge in [0.15, 0.2) is 5.82 Å². The van der Waals surface area contributed by atoms with Crippen molar-refractivity contribution in [3.63, 3.8) is 0 Å². The number of amides is 1. The lowest BCUT2D eigenvalue weighted by Crippen LogP contribution is -2.33. The van der Waals surface area contributed by atoms with E-state index in [2.05, 4.69) is 25.5 Å². The van der Waals surface area contributed by atoms with Gasteiger partial charge in [0, 0.05) is 5.39 Å². The molecular formula is C18H21N5O2. The van der Waals surface area contributed by atoms with Crippen molar-refractivity contribution in [2.75, 3.05) is 7.11 Å². The molecule has 7 heteroatoms. The number of aryl methyl sites for hydroxylation is 1. The van der Waals surface area contributed by atoms with Crippen LogP contribution in [0.25, 0.3) is 10.9 Å². The number of fused-ring (bicyclic) bond motifs is 1. The molecule has 0 aliphatic heterocycles. The largest absolute Gasteiger partial charge is 0.497 e. The van der Waals surface area contributed by atoms with Gasteiger partial charge in [0.1, 0.15) is 17.3 Å². The molecule has 0 aliphatic rings. The monoisotopic (exact) mass is 339 g/mol. The number of hydrogen-bond acceptors (Lipinski definition) is 5. The molecule has 1 amide bonds. The van der Waals surface area contributed by atoms with Crippen molar-refractivity contribution in [2.45, 2.75) is 26.8 Å². The van der Waals surface area contributed by atoms with Gasteiger partial charge in [0.2, 0.25) is 0 Å². The molecule has 25 heavy (non-hydrogen) atoms. The Labute approximate surface area is 145 Å². The topological polar surface area (TPSA) is 92.8 Å².